The molecule has 1 aromatic heterocycles. The highest BCUT2D eigenvalue weighted by Gasteiger charge is 2.17. The van der Waals surface area contributed by atoms with Crippen LogP contribution >= 0.6 is 0 Å². The van der Waals surface area contributed by atoms with Crippen LogP contribution in [0, 0.1) is 0 Å². The number of ether oxygens (including phenoxy) is 1. The Morgan fingerprint density at radius 1 is 1.28 bits per heavy atom. The summed E-state index contributed by atoms with van der Waals surface area (Å²) in [6.07, 6.45) is 5.49. The Bertz CT molecular complexity index is 878. The molecule has 1 aliphatic rings. The van der Waals surface area contributed by atoms with Crippen LogP contribution in [0.25, 0.3) is 10.9 Å². The van der Waals surface area contributed by atoms with Crippen molar-refractivity contribution in [3.8, 4) is 0 Å². The van der Waals surface area contributed by atoms with E-state index >= 15 is 0 Å². The second kappa shape index (κ2) is 7.65. The fourth-order valence-electron chi connectivity index (χ4n) is 3.30. The summed E-state index contributed by atoms with van der Waals surface area (Å²) in [5, 5.41) is 3.42. The molecule has 1 fully saturated rings. The van der Waals surface area contributed by atoms with E-state index in [1.807, 2.05) is 0 Å². The molecule has 0 unspecified atom stereocenters. The number of fused-ring (bicyclic) bond motifs is 1. The number of benzene rings is 1. The zero-order valence-electron chi connectivity index (χ0n) is 14.3. The number of carbonyl (C=O) groups is 1. The average Bonchev–Trinajstić information content (AvgIpc) is 2.62. The Morgan fingerprint density at radius 3 is 2.76 bits per heavy atom. The van der Waals surface area contributed by atoms with Gasteiger partial charge in [-0.05, 0) is 31.0 Å². The Labute approximate surface area is 145 Å². The quantitative estimate of drug-likeness (QED) is 0.856. The van der Waals surface area contributed by atoms with Crippen LogP contribution < -0.4 is 16.6 Å². The molecule has 7 nitrogen and oxygen atoms in total. The van der Waals surface area contributed by atoms with Crippen LogP contribution in [0.4, 0.5) is 0 Å². The van der Waals surface area contributed by atoms with Crippen LogP contribution in [0.5, 0.6) is 0 Å². The number of rotatable bonds is 5. The van der Waals surface area contributed by atoms with Gasteiger partial charge in [0, 0.05) is 18.7 Å². The maximum absolute atomic E-state index is 12.4. The predicted octanol–water partition coefficient (Wildman–Crippen LogP) is 1.40. The average molecular weight is 345 g/mol. The van der Waals surface area contributed by atoms with Gasteiger partial charge < -0.3 is 15.0 Å². The highest BCUT2D eigenvalue weighted by Crippen LogP contribution is 2.18. The number of H-pyrrole nitrogens is 1. The van der Waals surface area contributed by atoms with Crippen LogP contribution in [0.3, 0.4) is 0 Å². The first-order valence-electron chi connectivity index (χ1n) is 8.67. The molecule has 7 heteroatoms. The fraction of sp³-hybridized carbons (Fsp3) is 0.500. The molecule has 0 saturated heterocycles. The fourth-order valence-corrected chi connectivity index (χ4v) is 3.30. The van der Waals surface area contributed by atoms with Crippen molar-refractivity contribution in [3.05, 3.63) is 44.6 Å². The van der Waals surface area contributed by atoms with Gasteiger partial charge >= 0.3 is 5.69 Å². The molecule has 1 heterocycles. The van der Waals surface area contributed by atoms with Crippen molar-refractivity contribution in [1.82, 2.24) is 14.9 Å². The largest absolute Gasteiger partial charge is 0.383 e. The standard InChI is InChI=1S/C18H23N3O4/c1-25-10-9-21-17(23)14-8-7-12(11-15(14)20-18(21)24)16(22)19-13-5-3-2-4-6-13/h7-8,11,13H,2-6,9-10H2,1H3,(H,19,22)(H,20,24). The van der Waals surface area contributed by atoms with Gasteiger partial charge in [0.1, 0.15) is 0 Å². The summed E-state index contributed by atoms with van der Waals surface area (Å²) < 4.78 is 6.03. The lowest BCUT2D eigenvalue weighted by Gasteiger charge is -2.22. The van der Waals surface area contributed by atoms with Crippen molar-refractivity contribution in [2.75, 3.05) is 13.7 Å². The van der Waals surface area contributed by atoms with E-state index in [-0.39, 0.29) is 30.7 Å². The maximum atomic E-state index is 12.4. The number of aromatic amines is 1. The SMILES string of the molecule is COCCn1c(=O)[nH]c2cc(C(=O)NC3CCCCC3)ccc2c1=O. The number of carbonyl (C=O) groups excluding carboxylic acids is 1. The Morgan fingerprint density at radius 2 is 2.04 bits per heavy atom. The first kappa shape index (κ1) is 17.4. The second-order valence-electron chi connectivity index (χ2n) is 6.45. The number of hydrogen-bond donors (Lipinski definition) is 2. The first-order chi connectivity index (χ1) is 12.1. The van der Waals surface area contributed by atoms with E-state index in [0.29, 0.717) is 16.5 Å². The highest BCUT2D eigenvalue weighted by atomic mass is 16.5. The van der Waals surface area contributed by atoms with Gasteiger partial charge in [0.25, 0.3) is 11.5 Å². The molecule has 1 saturated carbocycles. The summed E-state index contributed by atoms with van der Waals surface area (Å²) in [5.41, 5.74) is -0.0582. The Kier molecular flexibility index (Phi) is 5.33. The number of methoxy groups -OCH3 is 1. The van der Waals surface area contributed by atoms with Crippen molar-refractivity contribution in [2.45, 2.75) is 44.7 Å². The molecule has 0 spiro atoms. The Balaban J connectivity index is 1.88. The lowest BCUT2D eigenvalue weighted by Crippen LogP contribution is -2.37. The van der Waals surface area contributed by atoms with Gasteiger partial charge in [-0.1, -0.05) is 19.3 Å². The van der Waals surface area contributed by atoms with Gasteiger partial charge in [0.05, 0.1) is 24.1 Å². The monoisotopic (exact) mass is 345 g/mol. The minimum absolute atomic E-state index is 0.168. The van der Waals surface area contributed by atoms with E-state index in [2.05, 4.69) is 10.3 Å². The Hall–Kier alpha value is -2.41. The van der Waals surface area contributed by atoms with Gasteiger partial charge in [0.2, 0.25) is 0 Å². The van der Waals surface area contributed by atoms with Crippen LogP contribution in [-0.2, 0) is 11.3 Å². The van der Waals surface area contributed by atoms with E-state index < -0.39 is 5.69 Å². The molecule has 0 aliphatic heterocycles. The molecule has 134 valence electrons. The van der Waals surface area contributed by atoms with Crippen LogP contribution in [0.15, 0.2) is 27.8 Å². The smallest absolute Gasteiger partial charge is 0.328 e. The highest BCUT2D eigenvalue weighted by molar-refractivity contribution is 5.97. The molecule has 3 rings (SSSR count). The topological polar surface area (TPSA) is 93.2 Å². The first-order valence-corrected chi connectivity index (χ1v) is 8.67. The normalized spacial score (nSPS) is 15.4. The van der Waals surface area contributed by atoms with Crippen molar-refractivity contribution < 1.29 is 9.53 Å². The number of aromatic nitrogens is 2. The van der Waals surface area contributed by atoms with Crippen LogP contribution in [-0.4, -0.2) is 35.2 Å². The summed E-state index contributed by atoms with van der Waals surface area (Å²) in [6, 6.07) is 4.99. The van der Waals surface area contributed by atoms with Gasteiger partial charge in [-0.2, -0.15) is 0 Å². The van der Waals surface area contributed by atoms with E-state index in [0.717, 1.165) is 30.3 Å². The van der Waals surface area contributed by atoms with Gasteiger partial charge in [-0.3, -0.25) is 14.2 Å². The summed E-state index contributed by atoms with van der Waals surface area (Å²) in [5.74, 6) is -0.168. The summed E-state index contributed by atoms with van der Waals surface area (Å²) in [6.45, 7) is 0.459. The molecule has 1 aromatic carbocycles. The van der Waals surface area contributed by atoms with Crippen molar-refractivity contribution in [2.24, 2.45) is 0 Å². The molecule has 1 amide bonds. The third kappa shape index (κ3) is 3.82. The molecule has 25 heavy (non-hydrogen) atoms. The summed E-state index contributed by atoms with van der Waals surface area (Å²) in [4.78, 5) is 39.7. The van der Waals surface area contributed by atoms with E-state index in [1.165, 1.54) is 13.5 Å². The molecular weight excluding hydrogens is 322 g/mol. The van der Waals surface area contributed by atoms with Crippen molar-refractivity contribution in [1.29, 1.82) is 0 Å². The number of amides is 1. The van der Waals surface area contributed by atoms with Gasteiger partial charge in [0.15, 0.2) is 0 Å². The van der Waals surface area contributed by atoms with Crippen molar-refractivity contribution >= 4 is 16.8 Å². The molecule has 0 atom stereocenters. The lowest BCUT2D eigenvalue weighted by molar-refractivity contribution is 0.0928. The predicted molar refractivity (Wildman–Crippen MR) is 95.0 cm³/mol. The minimum Gasteiger partial charge on any atom is -0.383 e. The molecule has 2 N–H and O–H groups in total. The zero-order chi connectivity index (χ0) is 17.8. The van der Waals surface area contributed by atoms with E-state index in [9.17, 15) is 14.4 Å². The van der Waals surface area contributed by atoms with E-state index in [4.69, 9.17) is 4.74 Å². The van der Waals surface area contributed by atoms with Crippen molar-refractivity contribution in [3.63, 3.8) is 0 Å². The number of hydrogen-bond acceptors (Lipinski definition) is 4. The number of nitrogens with zero attached hydrogens (tertiary/aromatic N) is 1. The summed E-state index contributed by atoms with van der Waals surface area (Å²) >= 11 is 0. The molecule has 0 radical (unpaired) electrons. The summed E-state index contributed by atoms with van der Waals surface area (Å²) in [7, 11) is 1.51. The lowest BCUT2D eigenvalue weighted by atomic mass is 9.95. The molecular formula is C18H23N3O4. The van der Waals surface area contributed by atoms with Gasteiger partial charge in [-0.15, -0.1) is 0 Å². The van der Waals surface area contributed by atoms with E-state index in [1.54, 1.807) is 18.2 Å². The third-order valence-electron chi connectivity index (χ3n) is 4.70. The van der Waals surface area contributed by atoms with Crippen LogP contribution in [0.2, 0.25) is 0 Å². The second-order valence-corrected chi connectivity index (χ2v) is 6.45. The van der Waals surface area contributed by atoms with Crippen LogP contribution in [0.1, 0.15) is 42.5 Å². The molecule has 2 aromatic rings. The third-order valence-corrected chi connectivity index (χ3v) is 4.70. The minimum atomic E-state index is -0.501. The van der Waals surface area contributed by atoms with Gasteiger partial charge in [-0.25, -0.2) is 4.79 Å². The molecule has 1 aliphatic carbocycles. The maximum Gasteiger partial charge on any atom is 0.328 e. The zero-order valence-corrected chi connectivity index (χ0v) is 14.3. The molecule has 0 bridgehead atoms. The number of nitrogens with one attached hydrogen (secondary N) is 2.